The molecule has 1 amide bonds. The van der Waals surface area contributed by atoms with Crippen LogP contribution in [0.5, 0.6) is 5.75 Å². The van der Waals surface area contributed by atoms with Crippen LogP contribution in [0.2, 0.25) is 10.0 Å². The highest BCUT2D eigenvalue weighted by Gasteiger charge is 2.34. The summed E-state index contributed by atoms with van der Waals surface area (Å²) in [5.74, 6) is -0.266. The number of alkyl halides is 3. The van der Waals surface area contributed by atoms with Gasteiger partial charge in [-0.1, -0.05) is 70.1 Å². The van der Waals surface area contributed by atoms with Crippen molar-refractivity contribution in [3.8, 4) is 5.75 Å². The predicted molar refractivity (Wildman–Crippen MR) is 133 cm³/mol. The summed E-state index contributed by atoms with van der Waals surface area (Å²) in [7, 11) is 0. The number of benzene rings is 2. The Morgan fingerprint density at radius 2 is 1.83 bits per heavy atom. The Balaban J connectivity index is 1.96. The second-order valence-electron chi connectivity index (χ2n) is 5.48. The molecule has 0 aliphatic carbocycles. The lowest BCUT2D eigenvalue weighted by Crippen LogP contribution is -2.57. The van der Waals surface area contributed by atoms with Crippen LogP contribution >= 0.6 is 92.8 Å². The van der Waals surface area contributed by atoms with Crippen molar-refractivity contribution in [3.05, 3.63) is 56.1 Å². The molecule has 2 aromatic carbocycles. The normalized spacial score (nSPS) is 12.1. The number of hydrogen-bond donors (Lipinski definition) is 3. The Morgan fingerprint density at radius 1 is 1.14 bits per heavy atom. The zero-order valence-electron chi connectivity index (χ0n) is 14.3. The Morgan fingerprint density at radius 3 is 2.45 bits per heavy atom. The SMILES string of the molecule is O=C(COc1ccc(Cl)cc1Cl)NC(NC(=S)Nc1ccccc1I)C(Cl)(Cl)Cl. The van der Waals surface area contributed by atoms with Crippen LogP contribution in [0, 0.1) is 3.57 Å². The van der Waals surface area contributed by atoms with Crippen LogP contribution in [0.15, 0.2) is 42.5 Å². The van der Waals surface area contributed by atoms with Crippen LogP contribution in [-0.2, 0) is 4.79 Å². The monoisotopic (exact) mass is 625 g/mol. The molecule has 0 fully saturated rings. The van der Waals surface area contributed by atoms with Crippen molar-refractivity contribution in [3.63, 3.8) is 0 Å². The molecule has 0 aliphatic rings. The molecule has 156 valence electrons. The van der Waals surface area contributed by atoms with E-state index < -0.39 is 15.9 Å². The van der Waals surface area contributed by atoms with E-state index in [1.54, 1.807) is 12.1 Å². The summed E-state index contributed by atoms with van der Waals surface area (Å²) in [5, 5.41) is 9.14. The molecule has 0 spiro atoms. The van der Waals surface area contributed by atoms with Gasteiger partial charge in [0.15, 0.2) is 11.7 Å². The van der Waals surface area contributed by atoms with Gasteiger partial charge in [0.2, 0.25) is 3.79 Å². The molecule has 29 heavy (non-hydrogen) atoms. The van der Waals surface area contributed by atoms with E-state index in [0.29, 0.717) is 10.8 Å². The molecule has 2 rings (SSSR count). The van der Waals surface area contributed by atoms with Gasteiger partial charge in [0.25, 0.3) is 5.91 Å². The van der Waals surface area contributed by atoms with Crippen LogP contribution in [0.25, 0.3) is 0 Å². The van der Waals surface area contributed by atoms with E-state index in [0.717, 1.165) is 9.26 Å². The van der Waals surface area contributed by atoms with E-state index >= 15 is 0 Å². The summed E-state index contributed by atoms with van der Waals surface area (Å²) < 4.78 is 4.43. The molecule has 0 saturated carbocycles. The highest BCUT2D eigenvalue weighted by Crippen LogP contribution is 2.30. The van der Waals surface area contributed by atoms with Crippen molar-refractivity contribution in [1.29, 1.82) is 0 Å². The van der Waals surface area contributed by atoms with Gasteiger partial charge in [0.1, 0.15) is 11.9 Å². The number of amides is 1. The molecule has 2 aromatic rings. The summed E-state index contributed by atoms with van der Waals surface area (Å²) in [6.45, 7) is -0.364. The van der Waals surface area contributed by atoms with Gasteiger partial charge in [0, 0.05) is 8.59 Å². The molecule has 0 radical (unpaired) electrons. The minimum Gasteiger partial charge on any atom is -0.482 e. The molecular weight excluding hydrogens is 614 g/mol. The van der Waals surface area contributed by atoms with Crippen LogP contribution < -0.4 is 20.7 Å². The van der Waals surface area contributed by atoms with Gasteiger partial charge in [-0.3, -0.25) is 4.79 Å². The third kappa shape index (κ3) is 8.32. The lowest BCUT2D eigenvalue weighted by atomic mass is 10.3. The molecule has 0 bridgehead atoms. The summed E-state index contributed by atoms with van der Waals surface area (Å²) in [4.78, 5) is 12.3. The predicted octanol–water partition coefficient (Wildman–Crippen LogP) is 5.78. The zero-order chi connectivity index (χ0) is 21.6. The van der Waals surface area contributed by atoms with E-state index in [4.69, 9.17) is 75.0 Å². The van der Waals surface area contributed by atoms with Crippen LogP contribution in [0.1, 0.15) is 0 Å². The number of para-hydroxylation sites is 1. The lowest BCUT2D eigenvalue weighted by molar-refractivity contribution is -0.123. The number of anilines is 1. The van der Waals surface area contributed by atoms with Crippen molar-refractivity contribution in [2.24, 2.45) is 0 Å². The molecule has 0 heterocycles. The second kappa shape index (κ2) is 11.3. The highest BCUT2D eigenvalue weighted by molar-refractivity contribution is 14.1. The first-order chi connectivity index (χ1) is 13.6. The maximum absolute atomic E-state index is 12.3. The number of carbonyl (C=O) groups excluding carboxylic acids is 1. The van der Waals surface area contributed by atoms with Crippen molar-refractivity contribution < 1.29 is 9.53 Å². The molecule has 0 aromatic heterocycles. The van der Waals surface area contributed by atoms with Crippen LogP contribution in [0.4, 0.5) is 5.69 Å². The maximum Gasteiger partial charge on any atom is 0.259 e. The van der Waals surface area contributed by atoms with E-state index in [1.807, 2.05) is 24.3 Å². The van der Waals surface area contributed by atoms with Crippen molar-refractivity contribution in [2.75, 3.05) is 11.9 Å². The molecular formula is C17H13Cl5IN3O2S. The maximum atomic E-state index is 12.3. The largest absolute Gasteiger partial charge is 0.482 e. The third-order valence-electron chi connectivity index (χ3n) is 3.28. The minimum absolute atomic E-state index is 0.160. The first kappa shape index (κ1) is 24.8. The molecule has 1 atom stereocenters. The third-order valence-corrected chi connectivity index (χ3v) is 5.63. The van der Waals surface area contributed by atoms with Gasteiger partial charge in [-0.15, -0.1) is 0 Å². The summed E-state index contributed by atoms with van der Waals surface area (Å²) >= 11 is 37.1. The van der Waals surface area contributed by atoms with E-state index in [9.17, 15) is 4.79 Å². The summed E-state index contributed by atoms with van der Waals surface area (Å²) in [5.41, 5.74) is 0.765. The first-order valence-corrected chi connectivity index (χ1v) is 11.2. The quantitative estimate of drug-likeness (QED) is 0.164. The average molecular weight is 628 g/mol. The number of thiocarbonyl (C=S) groups is 1. The molecule has 5 nitrogen and oxygen atoms in total. The second-order valence-corrected chi connectivity index (χ2v) is 10.3. The first-order valence-electron chi connectivity index (χ1n) is 7.82. The van der Waals surface area contributed by atoms with Gasteiger partial charge in [-0.25, -0.2) is 0 Å². The highest BCUT2D eigenvalue weighted by atomic mass is 127. The van der Waals surface area contributed by atoms with Gasteiger partial charge < -0.3 is 20.7 Å². The number of nitrogens with one attached hydrogen (secondary N) is 3. The van der Waals surface area contributed by atoms with Crippen molar-refractivity contribution >= 4 is 110 Å². The van der Waals surface area contributed by atoms with E-state index in [-0.39, 0.29) is 16.7 Å². The molecule has 1 unspecified atom stereocenters. The summed E-state index contributed by atoms with van der Waals surface area (Å²) in [6, 6.07) is 12.1. The van der Waals surface area contributed by atoms with Crippen LogP contribution in [0.3, 0.4) is 0 Å². The standard InChI is InChI=1S/C17H13Cl5IN3O2S/c18-9-5-6-13(10(19)7-9)28-8-14(27)25-15(17(20,21)22)26-16(29)24-12-4-2-1-3-11(12)23/h1-7,15H,8H2,(H,25,27)(H2,24,26,29). The van der Waals surface area contributed by atoms with Crippen molar-refractivity contribution in [2.45, 2.75) is 9.96 Å². The Bertz CT molecular complexity index is 898. The van der Waals surface area contributed by atoms with E-state index in [2.05, 4.69) is 38.5 Å². The lowest BCUT2D eigenvalue weighted by Gasteiger charge is -2.28. The number of ether oxygens (including phenoxy) is 1. The molecule has 12 heteroatoms. The molecule has 3 N–H and O–H groups in total. The van der Waals surface area contributed by atoms with Gasteiger partial charge >= 0.3 is 0 Å². The smallest absolute Gasteiger partial charge is 0.259 e. The Labute approximate surface area is 211 Å². The molecule has 0 saturated heterocycles. The van der Waals surface area contributed by atoms with Gasteiger partial charge in [-0.2, -0.15) is 0 Å². The number of carbonyl (C=O) groups is 1. The summed E-state index contributed by atoms with van der Waals surface area (Å²) in [6.07, 6.45) is -1.12. The molecule has 0 aliphatic heterocycles. The fourth-order valence-corrected chi connectivity index (χ4v) is 3.53. The number of hydrogen-bond acceptors (Lipinski definition) is 3. The Hall–Kier alpha value is -0.420. The zero-order valence-corrected chi connectivity index (χ0v) is 21.1. The topological polar surface area (TPSA) is 62.4 Å². The van der Waals surface area contributed by atoms with Crippen LogP contribution in [-0.4, -0.2) is 27.6 Å². The fraction of sp³-hybridized carbons (Fsp3) is 0.176. The van der Waals surface area contributed by atoms with Crippen molar-refractivity contribution in [1.82, 2.24) is 10.6 Å². The Kier molecular flexibility index (Phi) is 9.66. The number of halogens is 6. The van der Waals surface area contributed by atoms with Gasteiger partial charge in [-0.05, 0) is 65.1 Å². The van der Waals surface area contributed by atoms with Gasteiger partial charge in [0.05, 0.1) is 10.7 Å². The number of rotatable bonds is 6. The fourth-order valence-electron chi connectivity index (χ4n) is 1.99. The average Bonchev–Trinajstić information content (AvgIpc) is 2.61. The van der Waals surface area contributed by atoms with E-state index in [1.165, 1.54) is 6.07 Å². The minimum atomic E-state index is -1.89.